The van der Waals surface area contributed by atoms with Crippen LogP contribution in [-0.4, -0.2) is 28.4 Å². The number of amides is 1. The van der Waals surface area contributed by atoms with Gasteiger partial charge in [-0.25, -0.2) is 4.98 Å². The lowest BCUT2D eigenvalue weighted by Gasteiger charge is -2.11. The second-order valence-corrected chi connectivity index (χ2v) is 7.89. The molecule has 0 fully saturated rings. The molecule has 0 aliphatic rings. The molecule has 3 N–H and O–H groups in total. The van der Waals surface area contributed by atoms with Gasteiger partial charge >= 0.3 is 6.47 Å². The lowest BCUT2D eigenvalue weighted by atomic mass is 10.1. The Morgan fingerprint density at radius 1 is 1.38 bits per heavy atom. The quantitative estimate of drug-likeness (QED) is 0.172. The molecule has 0 aliphatic carbocycles. The molecule has 0 atom stereocenters. The first-order valence-corrected chi connectivity index (χ1v) is 9.25. The Morgan fingerprint density at radius 2 is 2.15 bits per heavy atom. The molecule has 0 spiro atoms. The van der Waals surface area contributed by atoms with E-state index in [0.29, 0.717) is 22.1 Å². The summed E-state index contributed by atoms with van der Waals surface area (Å²) < 4.78 is 0.728. The Bertz CT molecular complexity index is 825. The van der Waals surface area contributed by atoms with Gasteiger partial charge in [0.25, 0.3) is 5.91 Å². The number of thioether (sulfide) groups is 1. The maximum atomic E-state index is 12.5. The van der Waals surface area contributed by atoms with Crippen LogP contribution < -0.4 is 11.1 Å². The van der Waals surface area contributed by atoms with Crippen molar-refractivity contribution >= 4 is 51.6 Å². The minimum Gasteiger partial charge on any atom is -0.380 e. The lowest BCUT2D eigenvalue weighted by Crippen LogP contribution is -2.19. The summed E-state index contributed by atoms with van der Waals surface area (Å²) in [5, 5.41) is 7.49. The van der Waals surface area contributed by atoms with E-state index in [1.807, 2.05) is 0 Å². The highest BCUT2D eigenvalue weighted by atomic mass is 79.9. The summed E-state index contributed by atoms with van der Waals surface area (Å²) in [6, 6.07) is 8.57. The standard InChI is InChI=1S/C17H17BrN4O3S/c1-10(2)26-15-6-3-11(8-20-15)17(24)21-14-5-4-12(18)7-13(14)16(19)22-25-9-23/h3-10H,1-2H3,(H2,19,22)(H,21,24). The third kappa shape index (κ3) is 5.57. The molecule has 0 radical (unpaired) electrons. The van der Waals surface area contributed by atoms with Gasteiger partial charge in [0.05, 0.1) is 16.3 Å². The number of benzene rings is 1. The number of nitrogens with one attached hydrogen (secondary N) is 1. The molecule has 26 heavy (non-hydrogen) atoms. The van der Waals surface area contributed by atoms with Crippen molar-refractivity contribution < 1.29 is 14.4 Å². The van der Waals surface area contributed by atoms with Crippen LogP contribution in [0.2, 0.25) is 0 Å². The fourth-order valence-corrected chi connectivity index (χ4v) is 3.09. The van der Waals surface area contributed by atoms with Crippen LogP contribution in [-0.2, 0) is 9.63 Å². The fraction of sp³-hybridized carbons (Fsp3) is 0.176. The van der Waals surface area contributed by atoms with Gasteiger partial charge in [-0.2, -0.15) is 0 Å². The largest absolute Gasteiger partial charge is 0.380 e. The number of pyridine rings is 1. The molecule has 0 aliphatic heterocycles. The van der Waals surface area contributed by atoms with Crippen molar-refractivity contribution in [3.63, 3.8) is 0 Å². The Labute approximate surface area is 163 Å². The predicted octanol–water partition coefficient (Wildman–Crippen LogP) is 3.39. The van der Waals surface area contributed by atoms with Crippen molar-refractivity contribution in [2.75, 3.05) is 5.32 Å². The topological polar surface area (TPSA) is 107 Å². The molecule has 0 bridgehead atoms. The molecule has 1 aromatic carbocycles. The van der Waals surface area contributed by atoms with Crippen molar-refractivity contribution in [2.45, 2.75) is 24.1 Å². The first kappa shape index (κ1) is 19.9. The Balaban J connectivity index is 2.22. The molecule has 2 rings (SSSR count). The van der Waals surface area contributed by atoms with E-state index in [0.717, 1.165) is 9.50 Å². The van der Waals surface area contributed by atoms with Crippen molar-refractivity contribution in [1.82, 2.24) is 4.98 Å². The molecule has 1 amide bonds. The van der Waals surface area contributed by atoms with Gasteiger partial charge in [0.2, 0.25) is 0 Å². The molecule has 136 valence electrons. The molecular formula is C17H17BrN4O3S. The Kier molecular flexibility index (Phi) is 7.16. The average molecular weight is 437 g/mol. The second kappa shape index (κ2) is 9.35. The van der Waals surface area contributed by atoms with E-state index in [2.05, 4.69) is 50.1 Å². The van der Waals surface area contributed by atoms with Crippen LogP contribution in [0.25, 0.3) is 0 Å². The highest BCUT2D eigenvalue weighted by molar-refractivity contribution is 9.10. The third-order valence-corrected chi connectivity index (χ3v) is 4.50. The monoisotopic (exact) mass is 436 g/mol. The number of anilines is 1. The number of hydrogen-bond acceptors (Lipinski definition) is 6. The number of carbonyl (C=O) groups excluding carboxylic acids is 2. The van der Waals surface area contributed by atoms with E-state index < -0.39 is 0 Å². The van der Waals surface area contributed by atoms with Gasteiger partial charge in [0, 0.05) is 21.5 Å². The van der Waals surface area contributed by atoms with E-state index in [-0.39, 0.29) is 18.2 Å². The minimum atomic E-state index is -0.341. The lowest BCUT2D eigenvalue weighted by molar-refractivity contribution is -0.128. The van der Waals surface area contributed by atoms with Gasteiger partial charge in [-0.3, -0.25) is 9.59 Å². The molecule has 2 aromatic rings. The number of oxime groups is 1. The highest BCUT2D eigenvalue weighted by Gasteiger charge is 2.13. The highest BCUT2D eigenvalue weighted by Crippen LogP contribution is 2.23. The zero-order valence-corrected chi connectivity index (χ0v) is 16.5. The number of nitrogens with two attached hydrogens (primary N) is 1. The molecule has 0 saturated carbocycles. The summed E-state index contributed by atoms with van der Waals surface area (Å²) in [5.74, 6) is -0.387. The zero-order chi connectivity index (χ0) is 19.1. The van der Waals surface area contributed by atoms with Crippen LogP contribution >= 0.6 is 27.7 Å². The molecule has 1 aromatic heterocycles. The number of nitrogens with zero attached hydrogens (tertiary/aromatic N) is 2. The Morgan fingerprint density at radius 3 is 2.77 bits per heavy atom. The van der Waals surface area contributed by atoms with Gasteiger partial charge in [-0.05, 0) is 30.3 Å². The van der Waals surface area contributed by atoms with E-state index >= 15 is 0 Å². The SMILES string of the molecule is CC(C)Sc1ccc(C(=O)Nc2ccc(Br)cc2/C(N)=N/OC=O)cn1. The summed E-state index contributed by atoms with van der Waals surface area (Å²) >= 11 is 4.94. The summed E-state index contributed by atoms with van der Waals surface area (Å²) in [7, 11) is 0. The van der Waals surface area contributed by atoms with Crippen molar-refractivity contribution in [3.05, 3.63) is 52.1 Å². The van der Waals surface area contributed by atoms with Crippen LogP contribution in [0, 0.1) is 0 Å². The van der Waals surface area contributed by atoms with Crippen LogP contribution in [0.1, 0.15) is 29.8 Å². The number of carbonyl (C=O) groups is 2. The van der Waals surface area contributed by atoms with Gasteiger partial charge in [-0.1, -0.05) is 34.9 Å². The summed E-state index contributed by atoms with van der Waals surface area (Å²) in [5.41, 5.74) is 7.06. The van der Waals surface area contributed by atoms with E-state index in [4.69, 9.17) is 5.73 Å². The number of halogens is 1. The summed E-state index contributed by atoms with van der Waals surface area (Å²) in [6.45, 7) is 4.30. The number of amidine groups is 1. The zero-order valence-electron chi connectivity index (χ0n) is 14.1. The van der Waals surface area contributed by atoms with E-state index in [1.165, 1.54) is 6.20 Å². The average Bonchev–Trinajstić information content (AvgIpc) is 2.61. The molecule has 7 nitrogen and oxygen atoms in total. The Hall–Kier alpha value is -2.39. The van der Waals surface area contributed by atoms with Crippen LogP contribution in [0.15, 0.2) is 51.2 Å². The van der Waals surface area contributed by atoms with Crippen LogP contribution in [0.5, 0.6) is 0 Å². The van der Waals surface area contributed by atoms with Gasteiger partial charge in [0.15, 0.2) is 5.84 Å². The molecule has 9 heteroatoms. The van der Waals surface area contributed by atoms with Gasteiger partial charge in [0.1, 0.15) is 0 Å². The first-order chi connectivity index (χ1) is 12.4. The molecule has 1 heterocycles. The summed E-state index contributed by atoms with van der Waals surface area (Å²) in [4.78, 5) is 31.4. The number of rotatable bonds is 7. The van der Waals surface area contributed by atoms with Gasteiger partial charge in [-0.15, -0.1) is 11.8 Å². The van der Waals surface area contributed by atoms with Crippen LogP contribution in [0.3, 0.4) is 0 Å². The van der Waals surface area contributed by atoms with Gasteiger partial charge < -0.3 is 15.9 Å². The number of aromatic nitrogens is 1. The van der Waals surface area contributed by atoms with E-state index in [9.17, 15) is 9.59 Å². The maximum absolute atomic E-state index is 12.5. The van der Waals surface area contributed by atoms with E-state index in [1.54, 1.807) is 42.1 Å². The van der Waals surface area contributed by atoms with Crippen LogP contribution in [0.4, 0.5) is 5.69 Å². The first-order valence-electron chi connectivity index (χ1n) is 7.57. The predicted molar refractivity (Wildman–Crippen MR) is 105 cm³/mol. The molecule has 0 unspecified atom stereocenters. The third-order valence-electron chi connectivity index (χ3n) is 3.05. The molecule has 0 saturated heterocycles. The normalized spacial score (nSPS) is 11.3. The smallest absolute Gasteiger partial charge is 0.323 e. The maximum Gasteiger partial charge on any atom is 0.323 e. The fourth-order valence-electron chi connectivity index (χ4n) is 1.99. The van der Waals surface area contributed by atoms with Crippen molar-refractivity contribution in [3.8, 4) is 0 Å². The van der Waals surface area contributed by atoms with Crippen molar-refractivity contribution in [2.24, 2.45) is 10.9 Å². The molecular weight excluding hydrogens is 420 g/mol. The second-order valence-electron chi connectivity index (χ2n) is 5.37. The summed E-state index contributed by atoms with van der Waals surface area (Å²) in [6.07, 6.45) is 1.52. The minimum absolute atomic E-state index is 0.0458. The van der Waals surface area contributed by atoms with Crippen molar-refractivity contribution in [1.29, 1.82) is 0 Å². The number of hydrogen-bond donors (Lipinski definition) is 2.